The van der Waals surface area contributed by atoms with Crippen molar-refractivity contribution in [1.82, 2.24) is 9.29 Å². The number of nitrogens with zero attached hydrogens (tertiary/aromatic N) is 2. The first kappa shape index (κ1) is 17.8. The van der Waals surface area contributed by atoms with Gasteiger partial charge in [0.15, 0.2) is 0 Å². The largest absolute Gasteiger partial charge is 0.243 e. The van der Waals surface area contributed by atoms with E-state index in [1.165, 1.54) is 4.31 Å². The minimum absolute atomic E-state index is 0.327. The van der Waals surface area contributed by atoms with Gasteiger partial charge in [-0.3, -0.25) is 0 Å². The molecule has 25 heavy (non-hydrogen) atoms. The number of hydrogen-bond donors (Lipinski definition) is 0. The molecule has 0 atom stereocenters. The fraction of sp³-hybridized carbons (Fsp3) is 0.211. The molecule has 0 spiro atoms. The van der Waals surface area contributed by atoms with Gasteiger partial charge in [0.1, 0.15) is 5.01 Å². The van der Waals surface area contributed by atoms with E-state index >= 15 is 0 Å². The van der Waals surface area contributed by atoms with Crippen molar-refractivity contribution in [1.29, 1.82) is 0 Å². The van der Waals surface area contributed by atoms with Crippen LogP contribution in [0.5, 0.6) is 0 Å². The normalized spacial score (nSPS) is 12.4. The Bertz CT molecular complexity index is 953. The van der Waals surface area contributed by atoms with Crippen molar-refractivity contribution in [2.45, 2.75) is 18.7 Å². The number of sulfonamides is 1. The van der Waals surface area contributed by atoms with Gasteiger partial charge in [-0.25, -0.2) is 13.4 Å². The third kappa shape index (κ3) is 3.81. The van der Waals surface area contributed by atoms with Crippen LogP contribution in [-0.2, 0) is 10.0 Å². The summed E-state index contributed by atoms with van der Waals surface area (Å²) in [5.41, 5.74) is 1.94. The molecule has 0 aliphatic carbocycles. The molecule has 0 unspecified atom stereocenters. The van der Waals surface area contributed by atoms with E-state index in [0.717, 1.165) is 20.8 Å². The van der Waals surface area contributed by atoms with E-state index in [0.29, 0.717) is 18.0 Å². The summed E-state index contributed by atoms with van der Waals surface area (Å²) in [4.78, 5) is 4.89. The number of para-hydroxylation sites is 1. The van der Waals surface area contributed by atoms with Crippen molar-refractivity contribution in [2.24, 2.45) is 0 Å². The predicted octanol–water partition coefficient (Wildman–Crippen LogP) is 4.50. The number of hydrogen-bond acceptors (Lipinski definition) is 4. The second-order valence-electron chi connectivity index (χ2n) is 5.51. The molecule has 4 nitrogen and oxygen atoms in total. The van der Waals surface area contributed by atoms with E-state index in [-0.39, 0.29) is 0 Å². The standard InChI is InChI=1S/C19H20N2O2S2/c1-3-21(4-2)25(22,23)16-12-9-15(10-13-16)11-14-19-20-17-7-5-6-8-18(17)24-19/h5-14H,3-4H2,1-2H3/b14-11+. The van der Waals surface area contributed by atoms with E-state index in [1.54, 1.807) is 23.5 Å². The molecule has 3 aromatic rings. The lowest BCUT2D eigenvalue weighted by Gasteiger charge is -2.18. The van der Waals surface area contributed by atoms with Gasteiger partial charge in [0.05, 0.1) is 15.1 Å². The van der Waals surface area contributed by atoms with Crippen molar-refractivity contribution in [3.8, 4) is 0 Å². The smallest absolute Gasteiger partial charge is 0.237 e. The topological polar surface area (TPSA) is 50.3 Å². The number of thiazole rings is 1. The molecule has 0 saturated heterocycles. The quantitative estimate of drug-likeness (QED) is 0.640. The zero-order valence-electron chi connectivity index (χ0n) is 14.2. The van der Waals surface area contributed by atoms with Crippen molar-refractivity contribution >= 4 is 43.7 Å². The highest BCUT2D eigenvalue weighted by atomic mass is 32.2. The van der Waals surface area contributed by atoms with E-state index in [2.05, 4.69) is 11.1 Å². The van der Waals surface area contributed by atoms with Crippen molar-refractivity contribution in [2.75, 3.05) is 13.1 Å². The van der Waals surface area contributed by atoms with Gasteiger partial charge in [0.25, 0.3) is 0 Å². The second kappa shape index (κ2) is 7.47. The third-order valence-electron chi connectivity index (χ3n) is 3.95. The monoisotopic (exact) mass is 372 g/mol. The first-order chi connectivity index (χ1) is 12.0. The maximum atomic E-state index is 12.5. The molecular weight excluding hydrogens is 352 g/mol. The van der Waals surface area contributed by atoms with Crippen molar-refractivity contribution in [3.05, 3.63) is 59.1 Å². The highest BCUT2D eigenvalue weighted by molar-refractivity contribution is 7.89. The highest BCUT2D eigenvalue weighted by Crippen LogP contribution is 2.23. The van der Waals surface area contributed by atoms with Gasteiger partial charge in [0, 0.05) is 13.1 Å². The van der Waals surface area contributed by atoms with Crippen LogP contribution >= 0.6 is 11.3 Å². The molecule has 0 aliphatic rings. The van der Waals surface area contributed by atoms with Crippen LogP contribution in [0.25, 0.3) is 22.4 Å². The summed E-state index contributed by atoms with van der Waals surface area (Å²) in [6, 6.07) is 15.0. The van der Waals surface area contributed by atoms with Crippen LogP contribution in [0.15, 0.2) is 53.4 Å². The maximum absolute atomic E-state index is 12.5. The lowest BCUT2D eigenvalue weighted by Crippen LogP contribution is -2.30. The highest BCUT2D eigenvalue weighted by Gasteiger charge is 2.20. The van der Waals surface area contributed by atoms with Crippen LogP contribution in [0.1, 0.15) is 24.4 Å². The van der Waals surface area contributed by atoms with Gasteiger partial charge in [0.2, 0.25) is 10.0 Å². The van der Waals surface area contributed by atoms with Gasteiger partial charge in [-0.05, 0) is 35.9 Å². The molecule has 1 heterocycles. The van der Waals surface area contributed by atoms with Crippen LogP contribution in [0, 0.1) is 0 Å². The SMILES string of the molecule is CCN(CC)S(=O)(=O)c1ccc(/C=C/c2nc3ccccc3s2)cc1. The fourth-order valence-electron chi connectivity index (χ4n) is 2.59. The minimum Gasteiger partial charge on any atom is -0.237 e. The third-order valence-corrected chi connectivity index (χ3v) is 7.02. The Labute approximate surface area is 152 Å². The van der Waals surface area contributed by atoms with E-state index < -0.39 is 10.0 Å². The number of aromatic nitrogens is 1. The first-order valence-corrected chi connectivity index (χ1v) is 10.4. The lowest BCUT2D eigenvalue weighted by atomic mass is 10.2. The second-order valence-corrected chi connectivity index (χ2v) is 8.51. The van der Waals surface area contributed by atoms with Crippen LogP contribution in [0.4, 0.5) is 0 Å². The molecule has 0 fully saturated rings. The van der Waals surface area contributed by atoms with Crippen LogP contribution < -0.4 is 0 Å². The average molecular weight is 373 g/mol. The predicted molar refractivity (Wildman–Crippen MR) is 105 cm³/mol. The lowest BCUT2D eigenvalue weighted by molar-refractivity contribution is 0.445. The van der Waals surface area contributed by atoms with Crippen LogP contribution in [-0.4, -0.2) is 30.8 Å². The molecule has 130 valence electrons. The molecule has 0 bridgehead atoms. The molecule has 0 amide bonds. The molecule has 0 N–H and O–H groups in total. The Hall–Kier alpha value is -2.02. The molecular formula is C19H20N2O2S2. The Morgan fingerprint density at radius 2 is 1.68 bits per heavy atom. The first-order valence-electron chi connectivity index (χ1n) is 8.18. The summed E-state index contributed by atoms with van der Waals surface area (Å²) < 4.78 is 27.6. The van der Waals surface area contributed by atoms with Gasteiger partial charge < -0.3 is 0 Å². The summed E-state index contributed by atoms with van der Waals surface area (Å²) in [6.45, 7) is 4.63. The molecule has 6 heteroatoms. The van der Waals surface area contributed by atoms with E-state index in [4.69, 9.17) is 0 Å². The average Bonchev–Trinajstić information content (AvgIpc) is 3.04. The Kier molecular flexibility index (Phi) is 5.32. The number of benzene rings is 2. The summed E-state index contributed by atoms with van der Waals surface area (Å²) >= 11 is 1.63. The van der Waals surface area contributed by atoms with E-state index in [9.17, 15) is 8.42 Å². The van der Waals surface area contributed by atoms with Crippen LogP contribution in [0.3, 0.4) is 0 Å². The van der Waals surface area contributed by atoms with Crippen molar-refractivity contribution < 1.29 is 8.42 Å². The van der Waals surface area contributed by atoms with Gasteiger partial charge in [-0.15, -0.1) is 11.3 Å². The molecule has 3 rings (SSSR count). The molecule has 1 aromatic heterocycles. The zero-order chi connectivity index (χ0) is 17.9. The van der Waals surface area contributed by atoms with E-state index in [1.807, 2.05) is 56.3 Å². The fourth-order valence-corrected chi connectivity index (χ4v) is 4.92. The molecule has 0 radical (unpaired) electrons. The van der Waals surface area contributed by atoms with Gasteiger partial charge >= 0.3 is 0 Å². The van der Waals surface area contributed by atoms with Crippen molar-refractivity contribution in [3.63, 3.8) is 0 Å². The summed E-state index contributed by atoms with van der Waals surface area (Å²) in [5, 5.41) is 0.932. The van der Waals surface area contributed by atoms with Crippen LogP contribution in [0.2, 0.25) is 0 Å². The Morgan fingerprint density at radius 3 is 2.32 bits per heavy atom. The maximum Gasteiger partial charge on any atom is 0.243 e. The van der Waals surface area contributed by atoms with Gasteiger partial charge in [-0.2, -0.15) is 4.31 Å². The number of rotatable bonds is 6. The molecule has 2 aromatic carbocycles. The Balaban J connectivity index is 1.80. The minimum atomic E-state index is -3.40. The van der Waals surface area contributed by atoms with Gasteiger partial charge in [-0.1, -0.05) is 44.2 Å². The molecule has 0 saturated carbocycles. The zero-order valence-corrected chi connectivity index (χ0v) is 15.8. The Morgan fingerprint density at radius 1 is 1.00 bits per heavy atom. The summed E-state index contributed by atoms with van der Waals surface area (Å²) in [5.74, 6) is 0. The number of fused-ring (bicyclic) bond motifs is 1. The summed E-state index contributed by atoms with van der Waals surface area (Å²) in [7, 11) is -3.40. The molecule has 0 aliphatic heterocycles. The summed E-state index contributed by atoms with van der Waals surface area (Å²) in [6.07, 6.45) is 3.91.